The van der Waals surface area contributed by atoms with E-state index in [9.17, 15) is 8.42 Å². The largest absolute Gasteiger partial charge is 0.431 e. The summed E-state index contributed by atoms with van der Waals surface area (Å²) < 4.78 is 32.9. The number of thioether (sulfide) groups is 1. The van der Waals surface area contributed by atoms with Crippen molar-refractivity contribution in [1.29, 1.82) is 0 Å². The van der Waals surface area contributed by atoms with Gasteiger partial charge in [-0.05, 0) is 18.4 Å². The van der Waals surface area contributed by atoms with Crippen molar-refractivity contribution in [2.24, 2.45) is 0 Å². The van der Waals surface area contributed by atoms with Gasteiger partial charge in [0, 0.05) is 0 Å². The Kier molecular flexibility index (Phi) is 5.60. The molecule has 100 valence electrons. The van der Waals surface area contributed by atoms with E-state index in [4.69, 9.17) is 4.42 Å². The zero-order chi connectivity index (χ0) is 13.6. The number of benzene rings is 1. The first-order valence-corrected chi connectivity index (χ1v) is 7.34. The Hall–Kier alpha value is -1.09. The third-order valence-electron chi connectivity index (χ3n) is 1.86. The molecule has 0 saturated heterocycles. The van der Waals surface area contributed by atoms with Gasteiger partial charge < -0.3 is 4.42 Å². The Balaban J connectivity index is 0.000000203. The van der Waals surface area contributed by atoms with E-state index in [0.717, 1.165) is 30.5 Å². The number of hydrogen-bond acceptors (Lipinski definition) is 7. The van der Waals surface area contributed by atoms with Crippen LogP contribution in [0.4, 0.5) is 0 Å². The molecule has 0 spiro atoms. The van der Waals surface area contributed by atoms with Gasteiger partial charge in [-0.25, -0.2) is 4.98 Å². The second-order valence-corrected chi connectivity index (χ2v) is 5.13. The fourth-order valence-corrected chi connectivity index (χ4v) is 1.51. The van der Waals surface area contributed by atoms with Crippen LogP contribution in [0.3, 0.4) is 0 Å². The Bertz CT molecular complexity index is 550. The molecule has 6 nitrogen and oxygen atoms in total. The molecule has 2 aromatic rings. The first-order valence-electron chi connectivity index (χ1n) is 4.78. The molecule has 8 heteroatoms. The highest BCUT2D eigenvalue weighted by Gasteiger charge is 2.01. The lowest BCUT2D eigenvalue weighted by Gasteiger charge is -1.91. The van der Waals surface area contributed by atoms with Crippen LogP contribution in [-0.2, 0) is 18.8 Å². The van der Waals surface area contributed by atoms with E-state index >= 15 is 0 Å². The highest BCUT2D eigenvalue weighted by Crippen LogP contribution is 2.20. The zero-order valence-electron chi connectivity index (χ0n) is 10.1. The molecule has 0 aliphatic rings. The first kappa shape index (κ1) is 15.0. The van der Waals surface area contributed by atoms with Crippen LogP contribution in [-0.4, -0.2) is 33.9 Å². The molecule has 0 fully saturated rings. The molecule has 1 aromatic carbocycles. The molecule has 0 aliphatic carbocycles. The first-order chi connectivity index (χ1) is 8.52. The fraction of sp³-hybridized carbons (Fsp3) is 0.300. The fourth-order valence-electron chi connectivity index (χ4n) is 1.01. The average molecular weight is 291 g/mol. The lowest BCUT2D eigenvalue weighted by Crippen LogP contribution is -2.02. The molecule has 0 N–H and O–H groups in total. The summed E-state index contributed by atoms with van der Waals surface area (Å²) in [4.78, 5) is 4.23. The Morgan fingerprint density at radius 3 is 2.28 bits per heavy atom. The number of aromatic nitrogens is 1. The molecule has 0 atom stereocenters. The summed E-state index contributed by atoms with van der Waals surface area (Å²) in [6.45, 7) is 0. The van der Waals surface area contributed by atoms with Crippen molar-refractivity contribution in [3.05, 3.63) is 24.3 Å². The molecule has 0 aliphatic heterocycles. The maximum absolute atomic E-state index is 9.92. The SMILES string of the molecule is COS(=O)(=O)OC.CSc1nc2ccccc2o1. The van der Waals surface area contributed by atoms with E-state index in [-0.39, 0.29) is 0 Å². The van der Waals surface area contributed by atoms with Crippen LogP contribution in [0.15, 0.2) is 33.9 Å². The van der Waals surface area contributed by atoms with E-state index in [2.05, 4.69) is 13.4 Å². The summed E-state index contributed by atoms with van der Waals surface area (Å²) in [5, 5.41) is 0.728. The van der Waals surface area contributed by atoms with Crippen LogP contribution < -0.4 is 0 Å². The van der Waals surface area contributed by atoms with Gasteiger partial charge in [-0.3, -0.25) is 8.37 Å². The van der Waals surface area contributed by atoms with Gasteiger partial charge in [-0.15, -0.1) is 0 Å². The van der Waals surface area contributed by atoms with Crippen molar-refractivity contribution in [2.75, 3.05) is 20.5 Å². The van der Waals surface area contributed by atoms with Crippen LogP contribution in [0, 0.1) is 0 Å². The van der Waals surface area contributed by atoms with Crippen molar-refractivity contribution >= 4 is 33.3 Å². The summed E-state index contributed by atoms with van der Waals surface area (Å²) in [5.41, 5.74) is 1.79. The molecule has 1 aromatic heterocycles. The normalized spacial score (nSPS) is 11.1. The quantitative estimate of drug-likeness (QED) is 0.801. The molecular weight excluding hydrogens is 278 g/mol. The van der Waals surface area contributed by atoms with Gasteiger partial charge in [0.25, 0.3) is 5.22 Å². The van der Waals surface area contributed by atoms with E-state index in [1.165, 1.54) is 11.8 Å². The summed E-state index contributed by atoms with van der Waals surface area (Å²) in [6.07, 6.45) is 1.95. The zero-order valence-corrected chi connectivity index (χ0v) is 11.7. The van der Waals surface area contributed by atoms with Crippen LogP contribution in [0.2, 0.25) is 0 Å². The van der Waals surface area contributed by atoms with Gasteiger partial charge in [-0.1, -0.05) is 23.9 Å². The summed E-state index contributed by atoms with van der Waals surface area (Å²) in [6, 6.07) is 7.76. The van der Waals surface area contributed by atoms with E-state index in [1.54, 1.807) is 0 Å². The molecule has 0 bridgehead atoms. The van der Waals surface area contributed by atoms with Gasteiger partial charge in [0.05, 0.1) is 14.2 Å². The van der Waals surface area contributed by atoms with E-state index in [1.807, 2.05) is 30.5 Å². The Morgan fingerprint density at radius 1 is 1.22 bits per heavy atom. The molecule has 0 saturated carbocycles. The minimum absolute atomic E-state index is 0.728. The van der Waals surface area contributed by atoms with E-state index in [0.29, 0.717) is 0 Å². The maximum Gasteiger partial charge on any atom is 0.399 e. The number of oxazole rings is 1. The Morgan fingerprint density at radius 2 is 1.83 bits per heavy atom. The van der Waals surface area contributed by atoms with E-state index < -0.39 is 10.4 Å². The van der Waals surface area contributed by atoms with Crippen LogP contribution in [0.1, 0.15) is 0 Å². The van der Waals surface area contributed by atoms with Crippen LogP contribution in [0.5, 0.6) is 0 Å². The monoisotopic (exact) mass is 291 g/mol. The van der Waals surface area contributed by atoms with Gasteiger partial charge in [0.15, 0.2) is 5.58 Å². The van der Waals surface area contributed by atoms with Crippen LogP contribution >= 0.6 is 11.8 Å². The lowest BCUT2D eigenvalue weighted by atomic mass is 10.3. The minimum atomic E-state index is -3.66. The third-order valence-corrected chi connectivity index (χ3v) is 3.20. The standard InChI is InChI=1S/C8H7NOS.C2H6O4S/c1-11-8-9-6-4-2-3-5-7(6)10-8;1-5-7(3,4)6-2/h2-5H,1H3;1-2H3. The average Bonchev–Trinajstić information content (AvgIpc) is 2.82. The third kappa shape index (κ3) is 4.30. The topological polar surface area (TPSA) is 78.6 Å². The molecular formula is C10H13NO5S2. The molecule has 2 rings (SSSR count). The van der Waals surface area contributed by atoms with Crippen molar-refractivity contribution in [1.82, 2.24) is 4.98 Å². The predicted molar refractivity (Wildman–Crippen MR) is 68.7 cm³/mol. The number of fused-ring (bicyclic) bond motifs is 1. The molecule has 18 heavy (non-hydrogen) atoms. The number of hydrogen-bond donors (Lipinski definition) is 0. The lowest BCUT2D eigenvalue weighted by molar-refractivity contribution is 0.286. The second-order valence-electron chi connectivity index (χ2n) is 2.89. The highest BCUT2D eigenvalue weighted by molar-refractivity contribution is 7.98. The van der Waals surface area contributed by atoms with Crippen molar-refractivity contribution in [2.45, 2.75) is 5.22 Å². The molecule has 1 heterocycles. The predicted octanol–water partition coefficient (Wildman–Crippen LogP) is 2.07. The summed E-state index contributed by atoms with van der Waals surface area (Å²) >= 11 is 1.52. The number of nitrogens with zero attached hydrogens (tertiary/aromatic N) is 1. The van der Waals surface area contributed by atoms with Crippen molar-refractivity contribution in [3.63, 3.8) is 0 Å². The molecule has 0 radical (unpaired) electrons. The Labute approximate surface area is 110 Å². The van der Waals surface area contributed by atoms with Crippen molar-refractivity contribution in [3.8, 4) is 0 Å². The summed E-state index contributed by atoms with van der Waals surface area (Å²) in [7, 11) is -1.60. The van der Waals surface area contributed by atoms with Crippen molar-refractivity contribution < 1.29 is 21.2 Å². The van der Waals surface area contributed by atoms with Crippen LogP contribution in [0.25, 0.3) is 11.1 Å². The highest BCUT2D eigenvalue weighted by atomic mass is 32.3. The number of rotatable bonds is 3. The molecule has 0 unspecified atom stereocenters. The second kappa shape index (κ2) is 6.74. The minimum Gasteiger partial charge on any atom is -0.431 e. The summed E-state index contributed by atoms with van der Waals surface area (Å²) in [5.74, 6) is 0. The van der Waals surface area contributed by atoms with Gasteiger partial charge in [-0.2, -0.15) is 8.42 Å². The molecule has 0 amide bonds. The van der Waals surface area contributed by atoms with Gasteiger partial charge in [0.1, 0.15) is 5.52 Å². The number of para-hydroxylation sites is 2. The van der Waals surface area contributed by atoms with Gasteiger partial charge in [0.2, 0.25) is 0 Å². The maximum atomic E-state index is 9.92. The van der Waals surface area contributed by atoms with Gasteiger partial charge >= 0.3 is 10.4 Å². The smallest absolute Gasteiger partial charge is 0.399 e.